The second-order valence-corrected chi connectivity index (χ2v) is 6.56. The predicted octanol–water partition coefficient (Wildman–Crippen LogP) is 1.73. The van der Waals surface area contributed by atoms with Gasteiger partial charge in [-0.25, -0.2) is 0 Å². The van der Waals surface area contributed by atoms with E-state index in [4.69, 9.17) is 4.74 Å². The molecule has 1 atom stereocenters. The van der Waals surface area contributed by atoms with E-state index in [-0.39, 0.29) is 11.9 Å². The van der Waals surface area contributed by atoms with Crippen molar-refractivity contribution in [3.8, 4) is 5.75 Å². The fraction of sp³-hybridized carbons (Fsp3) is 0.611. The Morgan fingerprint density at radius 1 is 1.26 bits per heavy atom. The van der Waals surface area contributed by atoms with Gasteiger partial charge >= 0.3 is 0 Å². The third kappa shape index (κ3) is 3.96. The van der Waals surface area contributed by atoms with Gasteiger partial charge in [-0.05, 0) is 37.8 Å². The standard InChI is InChI=1S/C18H27N3O2/c1-14(18(22)19-13-15-7-8-15)20-9-11-21(12-10-20)16-5-3-4-6-17(16)23-2/h3-6,14-15H,7-13H2,1-2H3,(H,19,22). The summed E-state index contributed by atoms with van der Waals surface area (Å²) < 4.78 is 5.45. The molecule has 1 heterocycles. The van der Waals surface area contributed by atoms with E-state index >= 15 is 0 Å². The number of hydrogen-bond donors (Lipinski definition) is 1. The number of hydrogen-bond acceptors (Lipinski definition) is 4. The van der Waals surface area contributed by atoms with Crippen molar-refractivity contribution in [1.29, 1.82) is 0 Å². The number of para-hydroxylation sites is 2. The van der Waals surface area contributed by atoms with Crippen LogP contribution in [0.3, 0.4) is 0 Å². The molecular weight excluding hydrogens is 290 g/mol. The average Bonchev–Trinajstić information content (AvgIpc) is 3.43. The number of amides is 1. The highest BCUT2D eigenvalue weighted by atomic mass is 16.5. The number of piperazine rings is 1. The van der Waals surface area contributed by atoms with Crippen LogP contribution in [-0.2, 0) is 4.79 Å². The molecule has 2 fully saturated rings. The van der Waals surface area contributed by atoms with Gasteiger partial charge in [-0.1, -0.05) is 12.1 Å². The fourth-order valence-corrected chi connectivity index (χ4v) is 3.12. The van der Waals surface area contributed by atoms with E-state index in [1.807, 2.05) is 25.1 Å². The Morgan fingerprint density at radius 3 is 2.61 bits per heavy atom. The van der Waals surface area contributed by atoms with Crippen molar-refractivity contribution < 1.29 is 9.53 Å². The van der Waals surface area contributed by atoms with Crippen molar-refractivity contribution in [2.24, 2.45) is 5.92 Å². The van der Waals surface area contributed by atoms with Gasteiger partial charge in [0.1, 0.15) is 5.75 Å². The van der Waals surface area contributed by atoms with Crippen molar-refractivity contribution in [3.63, 3.8) is 0 Å². The van der Waals surface area contributed by atoms with E-state index in [9.17, 15) is 4.79 Å². The number of nitrogens with zero attached hydrogens (tertiary/aromatic N) is 2. The second kappa shape index (κ2) is 7.21. The molecule has 1 aliphatic carbocycles. The zero-order valence-corrected chi connectivity index (χ0v) is 14.1. The smallest absolute Gasteiger partial charge is 0.237 e. The molecule has 3 rings (SSSR count). The van der Waals surface area contributed by atoms with Crippen LogP contribution >= 0.6 is 0 Å². The number of anilines is 1. The first kappa shape index (κ1) is 16.1. The Labute approximate surface area is 138 Å². The highest BCUT2D eigenvalue weighted by molar-refractivity contribution is 5.81. The molecular formula is C18H27N3O2. The summed E-state index contributed by atoms with van der Waals surface area (Å²) in [7, 11) is 1.71. The Balaban J connectivity index is 1.52. The quantitative estimate of drug-likeness (QED) is 0.868. The summed E-state index contributed by atoms with van der Waals surface area (Å²) in [6.45, 7) is 6.50. The van der Waals surface area contributed by atoms with Crippen LogP contribution in [-0.4, -0.2) is 56.7 Å². The van der Waals surface area contributed by atoms with Crippen LogP contribution < -0.4 is 15.0 Å². The predicted molar refractivity (Wildman–Crippen MR) is 92.0 cm³/mol. The van der Waals surface area contributed by atoms with Crippen molar-refractivity contribution >= 4 is 11.6 Å². The maximum atomic E-state index is 12.2. The third-order valence-corrected chi connectivity index (χ3v) is 4.93. The Morgan fingerprint density at radius 2 is 1.96 bits per heavy atom. The largest absolute Gasteiger partial charge is 0.495 e. The normalized spacial score (nSPS) is 20.2. The van der Waals surface area contributed by atoms with E-state index in [1.54, 1.807) is 7.11 Å². The zero-order chi connectivity index (χ0) is 16.2. The maximum absolute atomic E-state index is 12.2. The molecule has 5 nitrogen and oxygen atoms in total. The van der Waals surface area contributed by atoms with E-state index < -0.39 is 0 Å². The topological polar surface area (TPSA) is 44.8 Å². The number of nitrogens with one attached hydrogen (secondary N) is 1. The molecule has 1 saturated carbocycles. The van der Waals surface area contributed by atoms with Gasteiger partial charge in [0, 0.05) is 32.7 Å². The first-order chi connectivity index (χ1) is 11.2. The van der Waals surface area contributed by atoms with Gasteiger partial charge in [0.15, 0.2) is 0 Å². The van der Waals surface area contributed by atoms with Gasteiger partial charge in [0.2, 0.25) is 5.91 Å². The van der Waals surface area contributed by atoms with Gasteiger partial charge in [-0.2, -0.15) is 0 Å². The molecule has 1 unspecified atom stereocenters. The molecule has 1 aliphatic heterocycles. The van der Waals surface area contributed by atoms with Gasteiger partial charge < -0.3 is 15.0 Å². The summed E-state index contributed by atoms with van der Waals surface area (Å²) in [5.74, 6) is 1.81. The van der Waals surface area contributed by atoms with Crippen LogP contribution in [0.2, 0.25) is 0 Å². The van der Waals surface area contributed by atoms with Crippen LogP contribution in [0.4, 0.5) is 5.69 Å². The first-order valence-corrected chi connectivity index (χ1v) is 8.58. The zero-order valence-electron chi connectivity index (χ0n) is 14.1. The van der Waals surface area contributed by atoms with Crippen LogP contribution in [0.15, 0.2) is 24.3 Å². The van der Waals surface area contributed by atoms with Crippen LogP contribution in [0.25, 0.3) is 0 Å². The number of rotatable bonds is 6. The van der Waals surface area contributed by atoms with Crippen molar-refractivity contribution in [2.45, 2.75) is 25.8 Å². The Bertz CT molecular complexity index is 537. The minimum atomic E-state index is -0.0476. The maximum Gasteiger partial charge on any atom is 0.237 e. The summed E-state index contributed by atoms with van der Waals surface area (Å²) in [5, 5.41) is 3.09. The lowest BCUT2D eigenvalue weighted by molar-refractivity contribution is -0.126. The van der Waals surface area contributed by atoms with Crippen molar-refractivity contribution in [1.82, 2.24) is 10.2 Å². The summed E-state index contributed by atoms with van der Waals surface area (Å²) in [6.07, 6.45) is 2.54. The number of carbonyl (C=O) groups is 1. The lowest BCUT2D eigenvalue weighted by Crippen LogP contribution is -2.54. The SMILES string of the molecule is COc1ccccc1N1CCN(C(C)C(=O)NCC2CC2)CC1. The molecule has 2 aliphatic rings. The summed E-state index contributed by atoms with van der Waals surface area (Å²) in [4.78, 5) is 16.8. The van der Waals surface area contributed by atoms with Gasteiger partial charge in [0.05, 0.1) is 18.8 Å². The summed E-state index contributed by atoms with van der Waals surface area (Å²) >= 11 is 0. The molecule has 0 radical (unpaired) electrons. The Hall–Kier alpha value is -1.75. The van der Waals surface area contributed by atoms with Gasteiger partial charge in [-0.15, -0.1) is 0 Å². The van der Waals surface area contributed by atoms with E-state index in [0.29, 0.717) is 0 Å². The van der Waals surface area contributed by atoms with E-state index in [0.717, 1.165) is 50.1 Å². The Kier molecular flexibility index (Phi) is 5.06. The molecule has 1 N–H and O–H groups in total. The molecule has 0 spiro atoms. The molecule has 1 aromatic rings. The lowest BCUT2D eigenvalue weighted by Gasteiger charge is -2.38. The number of carbonyl (C=O) groups excluding carboxylic acids is 1. The van der Waals surface area contributed by atoms with Crippen LogP contribution in [0.5, 0.6) is 5.75 Å². The molecule has 126 valence electrons. The molecule has 5 heteroatoms. The fourth-order valence-electron chi connectivity index (χ4n) is 3.12. The molecule has 1 amide bonds. The van der Waals surface area contributed by atoms with Crippen molar-refractivity contribution in [3.05, 3.63) is 24.3 Å². The first-order valence-electron chi connectivity index (χ1n) is 8.58. The number of ether oxygens (including phenoxy) is 1. The monoisotopic (exact) mass is 317 g/mol. The van der Waals surface area contributed by atoms with Crippen LogP contribution in [0, 0.1) is 5.92 Å². The molecule has 0 aromatic heterocycles. The number of benzene rings is 1. The third-order valence-electron chi connectivity index (χ3n) is 4.93. The molecule has 1 aromatic carbocycles. The average molecular weight is 317 g/mol. The minimum Gasteiger partial charge on any atom is -0.495 e. The lowest BCUT2D eigenvalue weighted by atomic mass is 10.2. The van der Waals surface area contributed by atoms with Gasteiger partial charge in [0.25, 0.3) is 0 Å². The highest BCUT2D eigenvalue weighted by Gasteiger charge is 2.28. The minimum absolute atomic E-state index is 0.0476. The van der Waals surface area contributed by atoms with Gasteiger partial charge in [-0.3, -0.25) is 9.69 Å². The van der Waals surface area contributed by atoms with Crippen molar-refractivity contribution in [2.75, 3.05) is 44.7 Å². The second-order valence-electron chi connectivity index (χ2n) is 6.56. The molecule has 1 saturated heterocycles. The van der Waals surface area contributed by atoms with Crippen LogP contribution in [0.1, 0.15) is 19.8 Å². The highest BCUT2D eigenvalue weighted by Crippen LogP contribution is 2.29. The summed E-state index contributed by atoms with van der Waals surface area (Å²) in [6, 6.07) is 8.08. The number of methoxy groups -OCH3 is 1. The van der Waals surface area contributed by atoms with E-state index in [1.165, 1.54) is 12.8 Å². The van der Waals surface area contributed by atoms with E-state index in [2.05, 4.69) is 21.2 Å². The molecule has 23 heavy (non-hydrogen) atoms. The molecule has 0 bridgehead atoms. The summed E-state index contributed by atoms with van der Waals surface area (Å²) in [5.41, 5.74) is 1.14.